The van der Waals surface area contributed by atoms with Gasteiger partial charge in [0.15, 0.2) is 0 Å². The van der Waals surface area contributed by atoms with Crippen molar-refractivity contribution in [1.29, 1.82) is 0 Å². The first kappa shape index (κ1) is 24.0. The van der Waals surface area contributed by atoms with Crippen LogP contribution in [0.2, 0.25) is 0 Å². The Bertz CT molecular complexity index is 950. The smallest absolute Gasteiger partial charge is 0.373 e. The fraction of sp³-hybridized carbons (Fsp3) is 0.435. The van der Waals surface area contributed by atoms with Crippen molar-refractivity contribution in [3.8, 4) is 0 Å². The highest BCUT2D eigenvalue weighted by Crippen LogP contribution is 2.45. The summed E-state index contributed by atoms with van der Waals surface area (Å²) in [5.41, 5.74) is -3.03. The molecular formula is C23H21F6NO2. The van der Waals surface area contributed by atoms with E-state index in [1.54, 1.807) is 25.1 Å². The van der Waals surface area contributed by atoms with E-state index < -0.39 is 47.6 Å². The lowest BCUT2D eigenvalue weighted by molar-refractivity contribution is -0.143. The lowest BCUT2D eigenvalue weighted by Crippen LogP contribution is -2.43. The lowest BCUT2D eigenvalue weighted by Gasteiger charge is -2.42. The molecule has 0 amide bonds. The van der Waals surface area contributed by atoms with Crippen LogP contribution in [0.1, 0.15) is 54.4 Å². The molecule has 3 rings (SSSR count). The summed E-state index contributed by atoms with van der Waals surface area (Å²) in [5, 5.41) is 0. The third-order valence-corrected chi connectivity index (χ3v) is 5.78. The fourth-order valence-corrected chi connectivity index (χ4v) is 4.33. The molecule has 0 aliphatic heterocycles. The van der Waals surface area contributed by atoms with Crippen LogP contribution >= 0.6 is 0 Å². The van der Waals surface area contributed by atoms with Gasteiger partial charge in [-0.25, -0.2) is 4.79 Å². The Morgan fingerprint density at radius 2 is 1.62 bits per heavy atom. The van der Waals surface area contributed by atoms with Gasteiger partial charge in [-0.1, -0.05) is 30.3 Å². The van der Waals surface area contributed by atoms with Crippen LogP contribution in [0.3, 0.4) is 0 Å². The molecule has 2 aromatic carbocycles. The number of benzene rings is 2. The van der Waals surface area contributed by atoms with Crippen LogP contribution in [0.5, 0.6) is 0 Å². The van der Waals surface area contributed by atoms with Gasteiger partial charge in [0, 0.05) is 5.92 Å². The van der Waals surface area contributed by atoms with E-state index in [0.29, 0.717) is 31.4 Å². The minimum absolute atomic E-state index is 0.0900. The van der Waals surface area contributed by atoms with Crippen molar-refractivity contribution in [3.63, 3.8) is 0 Å². The largest absolute Gasteiger partial charge is 0.416 e. The second kappa shape index (κ2) is 9.08. The van der Waals surface area contributed by atoms with Crippen molar-refractivity contribution in [1.82, 2.24) is 0 Å². The standard InChI is InChI=1S/C23H21F6NO2/c1-21(30-14-31)9-5-8-19(20(21)16-6-3-2-4-7-16)32-13-15-10-17(22(24,25)26)12-18(11-15)23(27,28)29/h2-4,6-7,10-12,19-20H,5,8-9,13H2,1H3. The number of rotatable bonds is 5. The van der Waals surface area contributed by atoms with E-state index >= 15 is 0 Å². The number of hydrogen-bond donors (Lipinski definition) is 0. The summed E-state index contributed by atoms with van der Waals surface area (Å²) in [4.78, 5) is 15.0. The number of aliphatic imine (C=N–C) groups is 1. The average Bonchev–Trinajstić information content (AvgIpc) is 2.71. The van der Waals surface area contributed by atoms with E-state index in [2.05, 4.69) is 4.99 Å². The molecule has 0 aromatic heterocycles. The number of isocyanates is 1. The molecule has 1 aliphatic rings. The zero-order valence-electron chi connectivity index (χ0n) is 17.1. The van der Waals surface area contributed by atoms with Crippen LogP contribution in [0.4, 0.5) is 26.3 Å². The van der Waals surface area contributed by atoms with E-state index in [1.807, 2.05) is 18.2 Å². The van der Waals surface area contributed by atoms with Gasteiger partial charge >= 0.3 is 12.4 Å². The van der Waals surface area contributed by atoms with Crippen LogP contribution in [0.15, 0.2) is 53.5 Å². The quantitative estimate of drug-likeness (QED) is 0.286. The number of hydrogen-bond acceptors (Lipinski definition) is 3. The summed E-state index contributed by atoms with van der Waals surface area (Å²) >= 11 is 0. The first-order chi connectivity index (χ1) is 14.9. The van der Waals surface area contributed by atoms with Crippen molar-refractivity contribution in [2.75, 3.05) is 0 Å². The lowest BCUT2D eigenvalue weighted by atomic mass is 9.69. The van der Waals surface area contributed by atoms with Crippen LogP contribution < -0.4 is 0 Å². The van der Waals surface area contributed by atoms with Crippen molar-refractivity contribution in [2.45, 2.75) is 62.7 Å². The molecule has 3 atom stereocenters. The molecule has 3 unspecified atom stereocenters. The Labute approximate surface area is 181 Å². The van der Waals surface area contributed by atoms with E-state index in [1.165, 1.54) is 0 Å². The molecule has 1 aliphatic carbocycles. The van der Waals surface area contributed by atoms with Gasteiger partial charge in [-0.15, -0.1) is 0 Å². The van der Waals surface area contributed by atoms with E-state index in [-0.39, 0.29) is 11.6 Å². The highest BCUT2D eigenvalue weighted by molar-refractivity contribution is 5.38. The summed E-state index contributed by atoms with van der Waals surface area (Å²) in [5.74, 6) is -0.410. The van der Waals surface area contributed by atoms with Crippen molar-refractivity contribution in [3.05, 3.63) is 70.8 Å². The number of carbonyl (C=O) groups excluding carboxylic acids is 1. The first-order valence-corrected chi connectivity index (χ1v) is 9.98. The molecule has 0 heterocycles. The second-order valence-electron chi connectivity index (χ2n) is 8.10. The SMILES string of the molecule is CC1(N=C=O)CCCC(OCc2cc(C(F)(F)F)cc(C(F)(F)F)c2)C1c1ccccc1. The first-order valence-electron chi connectivity index (χ1n) is 9.98. The molecule has 172 valence electrons. The van der Waals surface area contributed by atoms with E-state index in [0.717, 1.165) is 5.56 Å². The van der Waals surface area contributed by atoms with E-state index in [4.69, 9.17) is 4.74 Å². The van der Waals surface area contributed by atoms with Gasteiger partial charge in [0.2, 0.25) is 6.08 Å². The Hall–Kier alpha value is -2.64. The Kier molecular flexibility index (Phi) is 6.81. The van der Waals surface area contributed by atoms with Crippen LogP contribution in [0.25, 0.3) is 0 Å². The molecule has 0 spiro atoms. The molecule has 9 heteroatoms. The molecule has 1 saturated carbocycles. The van der Waals surface area contributed by atoms with E-state index in [9.17, 15) is 31.1 Å². The van der Waals surface area contributed by atoms with Crippen LogP contribution in [0, 0.1) is 0 Å². The van der Waals surface area contributed by atoms with Gasteiger partial charge in [0.1, 0.15) is 0 Å². The van der Waals surface area contributed by atoms with Gasteiger partial charge in [-0.3, -0.25) is 0 Å². The number of alkyl halides is 6. The molecule has 0 N–H and O–H groups in total. The Morgan fingerprint density at radius 1 is 1.03 bits per heavy atom. The Morgan fingerprint density at radius 3 is 2.16 bits per heavy atom. The third-order valence-electron chi connectivity index (χ3n) is 5.78. The predicted molar refractivity (Wildman–Crippen MR) is 105 cm³/mol. The number of halogens is 6. The summed E-state index contributed by atoms with van der Waals surface area (Å²) in [6.07, 6.45) is -7.09. The molecule has 2 aromatic rings. The van der Waals surface area contributed by atoms with Crippen LogP contribution in [-0.4, -0.2) is 17.7 Å². The van der Waals surface area contributed by atoms with Crippen LogP contribution in [-0.2, 0) is 28.5 Å². The minimum Gasteiger partial charge on any atom is -0.373 e. The minimum atomic E-state index is -4.93. The maximum atomic E-state index is 13.1. The average molecular weight is 457 g/mol. The highest BCUT2D eigenvalue weighted by atomic mass is 19.4. The summed E-state index contributed by atoms with van der Waals surface area (Å²) in [6, 6.07) is 10.5. The van der Waals surface area contributed by atoms with Gasteiger partial charge in [-0.05, 0) is 55.5 Å². The molecule has 32 heavy (non-hydrogen) atoms. The summed E-state index contributed by atoms with van der Waals surface area (Å²) < 4.78 is 84.8. The molecule has 1 fully saturated rings. The predicted octanol–water partition coefficient (Wildman–Crippen LogP) is 6.67. The third kappa shape index (κ3) is 5.40. The topological polar surface area (TPSA) is 38.7 Å². The molecule has 0 radical (unpaired) electrons. The molecule has 0 saturated heterocycles. The summed E-state index contributed by atoms with van der Waals surface area (Å²) in [6.45, 7) is 1.33. The maximum Gasteiger partial charge on any atom is 0.416 e. The molecule has 0 bridgehead atoms. The molecular weight excluding hydrogens is 436 g/mol. The van der Waals surface area contributed by atoms with Crippen molar-refractivity contribution in [2.24, 2.45) is 4.99 Å². The zero-order chi connectivity index (χ0) is 23.6. The van der Waals surface area contributed by atoms with Gasteiger partial charge in [-0.2, -0.15) is 31.3 Å². The monoisotopic (exact) mass is 457 g/mol. The number of ether oxygens (including phenoxy) is 1. The van der Waals surface area contributed by atoms with Gasteiger partial charge in [0.05, 0.1) is 29.4 Å². The zero-order valence-corrected chi connectivity index (χ0v) is 17.1. The normalized spacial score (nSPS) is 24.1. The maximum absolute atomic E-state index is 13.1. The van der Waals surface area contributed by atoms with Gasteiger partial charge < -0.3 is 4.74 Å². The van der Waals surface area contributed by atoms with Crippen molar-refractivity contribution >= 4 is 6.08 Å². The highest BCUT2D eigenvalue weighted by Gasteiger charge is 2.44. The number of nitrogens with zero attached hydrogens (tertiary/aromatic N) is 1. The fourth-order valence-electron chi connectivity index (χ4n) is 4.33. The van der Waals surface area contributed by atoms with Gasteiger partial charge in [0.25, 0.3) is 0 Å². The Balaban J connectivity index is 1.93. The van der Waals surface area contributed by atoms with Crippen molar-refractivity contribution < 1.29 is 35.9 Å². The second-order valence-corrected chi connectivity index (χ2v) is 8.10. The summed E-state index contributed by atoms with van der Waals surface area (Å²) in [7, 11) is 0. The molecule has 3 nitrogen and oxygen atoms in total.